The predicted molar refractivity (Wildman–Crippen MR) is 145 cm³/mol. The van der Waals surface area contributed by atoms with E-state index in [9.17, 15) is 19.5 Å². The quantitative estimate of drug-likeness (QED) is 0.400. The number of phenolic OH excluding ortho intramolecular Hbond substituents is 1. The Morgan fingerprint density at radius 1 is 1.08 bits per heavy atom. The first-order chi connectivity index (χ1) is 17.2. The molecule has 37 heavy (non-hydrogen) atoms. The van der Waals surface area contributed by atoms with Gasteiger partial charge in [-0.1, -0.05) is 44.2 Å². The van der Waals surface area contributed by atoms with E-state index in [0.29, 0.717) is 16.8 Å². The maximum absolute atomic E-state index is 13.9. The standard InChI is InChI=1S/C29H39N3O5/c1-9-16-32(27(35)24(18(2)3)31-28(36)37-29(6,7)8)25(21-14-15-23(33)20(5)17-21)26(34)30-22-13-11-10-12-19(22)4/h9-15,17-18,24-25,33H,1,16H2,2-8H3,(H,30,34)(H,31,36). The van der Waals surface area contributed by atoms with E-state index >= 15 is 0 Å². The van der Waals surface area contributed by atoms with Crippen molar-refractivity contribution in [2.75, 3.05) is 11.9 Å². The van der Waals surface area contributed by atoms with Crippen LogP contribution in [-0.4, -0.2) is 46.1 Å². The summed E-state index contributed by atoms with van der Waals surface area (Å²) in [5, 5.41) is 15.7. The summed E-state index contributed by atoms with van der Waals surface area (Å²) in [6.45, 7) is 16.2. The molecule has 0 aliphatic heterocycles. The number of para-hydroxylation sites is 1. The lowest BCUT2D eigenvalue weighted by atomic mass is 9.97. The summed E-state index contributed by atoms with van der Waals surface area (Å²) in [5.74, 6) is -1.12. The van der Waals surface area contributed by atoms with Crippen LogP contribution in [0.1, 0.15) is 57.4 Å². The highest BCUT2D eigenvalue weighted by molar-refractivity contribution is 5.99. The largest absolute Gasteiger partial charge is 0.508 e. The van der Waals surface area contributed by atoms with Crippen molar-refractivity contribution in [3.8, 4) is 5.75 Å². The Morgan fingerprint density at radius 3 is 2.27 bits per heavy atom. The monoisotopic (exact) mass is 509 g/mol. The van der Waals surface area contributed by atoms with E-state index < -0.39 is 35.6 Å². The minimum atomic E-state index is -1.06. The van der Waals surface area contributed by atoms with Crippen LogP contribution >= 0.6 is 0 Å². The van der Waals surface area contributed by atoms with Crippen LogP contribution < -0.4 is 10.6 Å². The van der Waals surface area contributed by atoms with Crippen LogP contribution in [0.3, 0.4) is 0 Å². The number of ether oxygens (including phenoxy) is 1. The Kier molecular flexibility index (Phi) is 9.88. The number of amides is 3. The zero-order valence-corrected chi connectivity index (χ0v) is 22.8. The topological polar surface area (TPSA) is 108 Å². The summed E-state index contributed by atoms with van der Waals surface area (Å²) in [7, 11) is 0. The van der Waals surface area contributed by atoms with E-state index in [0.717, 1.165) is 5.56 Å². The highest BCUT2D eigenvalue weighted by Gasteiger charge is 2.37. The number of carbonyl (C=O) groups is 3. The second-order valence-electron chi connectivity index (χ2n) is 10.4. The SMILES string of the molecule is C=CCN(C(=O)C(NC(=O)OC(C)(C)C)C(C)C)C(C(=O)Nc1ccccc1C)c1ccc(O)c(C)c1. The molecule has 2 rings (SSSR count). The number of nitrogens with zero attached hydrogens (tertiary/aromatic N) is 1. The van der Waals surface area contributed by atoms with E-state index in [2.05, 4.69) is 17.2 Å². The van der Waals surface area contributed by atoms with Crippen molar-refractivity contribution in [2.45, 2.75) is 66.2 Å². The summed E-state index contributed by atoms with van der Waals surface area (Å²) in [4.78, 5) is 41.7. The fourth-order valence-corrected chi connectivity index (χ4v) is 3.82. The van der Waals surface area contributed by atoms with Crippen molar-refractivity contribution >= 4 is 23.6 Å². The van der Waals surface area contributed by atoms with Crippen molar-refractivity contribution in [1.29, 1.82) is 0 Å². The van der Waals surface area contributed by atoms with Crippen molar-refractivity contribution in [3.05, 3.63) is 71.8 Å². The molecule has 0 saturated heterocycles. The summed E-state index contributed by atoms with van der Waals surface area (Å²) in [6, 6.07) is 10.1. The molecule has 3 amide bonds. The molecule has 0 radical (unpaired) electrons. The molecule has 0 saturated carbocycles. The molecule has 8 nitrogen and oxygen atoms in total. The number of aryl methyl sites for hydroxylation is 2. The maximum atomic E-state index is 13.9. The van der Waals surface area contributed by atoms with Gasteiger partial charge in [0.15, 0.2) is 0 Å². The molecule has 200 valence electrons. The molecule has 0 bridgehead atoms. The van der Waals surface area contributed by atoms with Crippen LogP contribution in [0.25, 0.3) is 0 Å². The normalized spacial score (nSPS) is 12.9. The molecule has 0 heterocycles. The Labute approximate surface area is 219 Å². The van der Waals surface area contributed by atoms with E-state index in [1.165, 1.54) is 17.0 Å². The first kappa shape index (κ1) is 29.4. The van der Waals surface area contributed by atoms with Gasteiger partial charge in [0, 0.05) is 12.2 Å². The zero-order valence-electron chi connectivity index (χ0n) is 22.8. The van der Waals surface area contributed by atoms with Gasteiger partial charge in [-0.3, -0.25) is 9.59 Å². The van der Waals surface area contributed by atoms with Gasteiger partial charge in [0.1, 0.15) is 23.4 Å². The van der Waals surface area contributed by atoms with Gasteiger partial charge in [-0.25, -0.2) is 4.79 Å². The van der Waals surface area contributed by atoms with Gasteiger partial charge >= 0.3 is 6.09 Å². The minimum absolute atomic E-state index is 0.0455. The van der Waals surface area contributed by atoms with Gasteiger partial charge in [-0.2, -0.15) is 0 Å². The smallest absolute Gasteiger partial charge is 0.408 e. The average molecular weight is 510 g/mol. The number of rotatable bonds is 9. The Balaban J connectivity index is 2.54. The molecule has 0 aliphatic rings. The van der Waals surface area contributed by atoms with Gasteiger partial charge in [0.2, 0.25) is 5.91 Å². The summed E-state index contributed by atoms with van der Waals surface area (Å²) in [6.07, 6.45) is 0.809. The lowest BCUT2D eigenvalue weighted by Gasteiger charge is -2.35. The lowest BCUT2D eigenvalue weighted by Crippen LogP contribution is -2.54. The minimum Gasteiger partial charge on any atom is -0.508 e. The number of phenols is 1. The van der Waals surface area contributed by atoms with E-state index in [4.69, 9.17) is 4.74 Å². The van der Waals surface area contributed by atoms with Gasteiger partial charge < -0.3 is 25.4 Å². The average Bonchev–Trinajstić information content (AvgIpc) is 2.79. The number of nitrogens with one attached hydrogen (secondary N) is 2. The molecular weight excluding hydrogens is 470 g/mol. The molecule has 2 atom stereocenters. The number of aromatic hydroxyl groups is 1. The van der Waals surface area contributed by atoms with Crippen LogP contribution in [0.5, 0.6) is 5.75 Å². The molecule has 2 aromatic rings. The third kappa shape index (κ3) is 8.10. The van der Waals surface area contributed by atoms with Gasteiger partial charge in [-0.05, 0) is 75.4 Å². The van der Waals surface area contributed by atoms with Crippen LogP contribution in [0.4, 0.5) is 10.5 Å². The maximum Gasteiger partial charge on any atom is 0.408 e. The molecule has 0 fully saturated rings. The highest BCUT2D eigenvalue weighted by atomic mass is 16.6. The molecule has 0 aromatic heterocycles. The lowest BCUT2D eigenvalue weighted by molar-refractivity contribution is -0.141. The first-order valence-electron chi connectivity index (χ1n) is 12.3. The number of alkyl carbamates (subject to hydrolysis) is 1. The third-order valence-electron chi connectivity index (χ3n) is 5.71. The van der Waals surface area contributed by atoms with Crippen molar-refractivity contribution < 1.29 is 24.2 Å². The fourth-order valence-electron chi connectivity index (χ4n) is 3.82. The van der Waals surface area contributed by atoms with Crippen LogP contribution in [0.2, 0.25) is 0 Å². The predicted octanol–water partition coefficient (Wildman–Crippen LogP) is 5.25. The molecule has 2 unspecified atom stereocenters. The molecule has 2 aromatic carbocycles. The van der Waals surface area contributed by atoms with E-state index in [1.807, 2.05) is 25.1 Å². The molecule has 0 spiro atoms. The van der Waals surface area contributed by atoms with Gasteiger partial charge in [-0.15, -0.1) is 6.58 Å². The second-order valence-corrected chi connectivity index (χ2v) is 10.4. The van der Waals surface area contributed by atoms with Crippen molar-refractivity contribution in [1.82, 2.24) is 10.2 Å². The van der Waals surface area contributed by atoms with Gasteiger partial charge in [0.25, 0.3) is 5.91 Å². The van der Waals surface area contributed by atoms with E-state index in [1.54, 1.807) is 59.7 Å². The first-order valence-corrected chi connectivity index (χ1v) is 12.3. The molecule has 3 N–H and O–H groups in total. The Hall–Kier alpha value is -3.81. The third-order valence-corrected chi connectivity index (χ3v) is 5.71. The molecule has 8 heteroatoms. The van der Waals surface area contributed by atoms with Gasteiger partial charge in [0.05, 0.1) is 0 Å². The Morgan fingerprint density at radius 2 is 1.73 bits per heavy atom. The summed E-state index contributed by atoms with van der Waals surface area (Å²) >= 11 is 0. The number of carbonyl (C=O) groups excluding carboxylic acids is 3. The fraction of sp³-hybridized carbons (Fsp3) is 0.414. The number of hydrogen-bond donors (Lipinski definition) is 3. The number of anilines is 1. The highest BCUT2D eigenvalue weighted by Crippen LogP contribution is 2.29. The van der Waals surface area contributed by atoms with Crippen molar-refractivity contribution in [3.63, 3.8) is 0 Å². The number of hydrogen-bond acceptors (Lipinski definition) is 5. The van der Waals surface area contributed by atoms with Crippen LogP contribution in [-0.2, 0) is 14.3 Å². The van der Waals surface area contributed by atoms with E-state index in [-0.39, 0.29) is 18.2 Å². The molecular formula is C29H39N3O5. The van der Waals surface area contributed by atoms with Crippen molar-refractivity contribution in [2.24, 2.45) is 5.92 Å². The zero-order chi connectivity index (χ0) is 27.9. The second kappa shape index (κ2) is 12.4. The Bertz CT molecular complexity index is 1140. The van der Waals surface area contributed by atoms with Crippen LogP contribution in [0, 0.1) is 19.8 Å². The molecule has 0 aliphatic carbocycles. The van der Waals surface area contributed by atoms with Crippen LogP contribution in [0.15, 0.2) is 55.1 Å². The summed E-state index contributed by atoms with van der Waals surface area (Å²) in [5.41, 5.74) is 1.81. The summed E-state index contributed by atoms with van der Waals surface area (Å²) < 4.78 is 5.37. The number of benzene rings is 2.